The third kappa shape index (κ3) is 6.97. The van der Waals surface area contributed by atoms with Crippen molar-refractivity contribution < 1.29 is 0 Å². The van der Waals surface area contributed by atoms with Crippen LogP contribution >= 0.6 is 11.3 Å². The molecule has 0 saturated carbocycles. The number of nitrogens with zero attached hydrogens (tertiary/aromatic N) is 2. The molecule has 3 heteroatoms. The van der Waals surface area contributed by atoms with E-state index in [1.807, 2.05) is 11.3 Å². The number of anilines is 4. The zero-order valence-electron chi connectivity index (χ0n) is 30.9. The lowest BCUT2D eigenvalue weighted by Crippen LogP contribution is -2.42. The topological polar surface area (TPSA) is 6.48 Å². The number of hydrogen-bond acceptors (Lipinski definition) is 3. The SMILES string of the molecule is CCCCC1=CCC(N(c2ccc(N(c3ccccc3)C(C)(CC)CC)cc2)c2ccc3c(c2)sc2cc(C(C)(CC)CC)ccc23)C=C1. The minimum absolute atomic E-state index is 0.0200. The highest BCUT2D eigenvalue weighted by atomic mass is 32.1. The largest absolute Gasteiger partial charge is 0.336 e. The van der Waals surface area contributed by atoms with Crippen molar-refractivity contribution in [3.05, 3.63) is 120 Å². The van der Waals surface area contributed by atoms with Crippen molar-refractivity contribution in [2.75, 3.05) is 9.80 Å². The van der Waals surface area contributed by atoms with Gasteiger partial charge in [-0.05, 0) is 117 Å². The van der Waals surface area contributed by atoms with Gasteiger partial charge in [0.2, 0.25) is 0 Å². The molecule has 256 valence electrons. The highest BCUT2D eigenvalue weighted by Crippen LogP contribution is 2.43. The van der Waals surface area contributed by atoms with E-state index in [-0.39, 0.29) is 17.0 Å². The second kappa shape index (κ2) is 15.0. The Morgan fingerprint density at radius 2 is 1.29 bits per heavy atom. The van der Waals surface area contributed by atoms with Gasteiger partial charge in [0.15, 0.2) is 0 Å². The maximum Gasteiger partial charge on any atom is 0.0560 e. The highest BCUT2D eigenvalue weighted by Gasteiger charge is 2.30. The van der Waals surface area contributed by atoms with Crippen LogP contribution in [-0.4, -0.2) is 11.6 Å². The molecular weight excluding hydrogens is 613 g/mol. The number of hydrogen-bond donors (Lipinski definition) is 0. The maximum absolute atomic E-state index is 2.57. The molecule has 1 unspecified atom stereocenters. The fourth-order valence-corrected chi connectivity index (χ4v) is 8.75. The zero-order valence-corrected chi connectivity index (χ0v) is 31.7. The van der Waals surface area contributed by atoms with Crippen LogP contribution in [0.5, 0.6) is 0 Å². The number of thiophene rings is 1. The average molecular weight is 669 g/mol. The summed E-state index contributed by atoms with van der Waals surface area (Å²) in [4.78, 5) is 5.11. The molecule has 49 heavy (non-hydrogen) atoms. The minimum Gasteiger partial charge on any atom is -0.336 e. The molecule has 0 aliphatic heterocycles. The van der Waals surface area contributed by atoms with E-state index in [0.29, 0.717) is 0 Å². The Morgan fingerprint density at radius 3 is 1.90 bits per heavy atom. The summed E-state index contributed by atoms with van der Waals surface area (Å²) >= 11 is 1.94. The van der Waals surface area contributed by atoms with Crippen molar-refractivity contribution in [3.63, 3.8) is 0 Å². The summed E-state index contributed by atoms with van der Waals surface area (Å²) in [5, 5.41) is 2.73. The van der Waals surface area contributed by atoms with Gasteiger partial charge in [0, 0.05) is 48.5 Å². The molecule has 2 nitrogen and oxygen atoms in total. The minimum atomic E-state index is 0.0200. The molecule has 0 radical (unpaired) electrons. The van der Waals surface area contributed by atoms with E-state index in [9.17, 15) is 0 Å². The summed E-state index contributed by atoms with van der Waals surface area (Å²) in [5.41, 5.74) is 8.15. The van der Waals surface area contributed by atoms with Gasteiger partial charge in [0.1, 0.15) is 0 Å². The Labute approximate surface area is 300 Å². The predicted molar refractivity (Wildman–Crippen MR) is 219 cm³/mol. The number of fused-ring (bicyclic) bond motifs is 3. The Morgan fingerprint density at radius 1 is 0.673 bits per heavy atom. The van der Waals surface area contributed by atoms with E-state index >= 15 is 0 Å². The standard InChI is InChI=1S/C46H56N2S/c1-8-13-17-34-20-23-36(24-21-34)47(37-25-27-39(28-26-37)48(46(7,11-4)12-5)38-18-15-14-16-19-38)40-29-31-42-41-30-22-35(45(6,9-2)10-3)32-43(41)49-44(42)33-40/h14-16,18-23,25-33,36H,8-13,17,24H2,1-7H3. The molecule has 1 aromatic heterocycles. The number of unbranched alkanes of at least 4 members (excludes halogenated alkanes) is 1. The van der Waals surface area contributed by atoms with Crippen molar-refractivity contribution in [1.29, 1.82) is 0 Å². The lowest BCUT2D eigenvalue weighted by Gasteiger charge is -2.42. The first-order valence-electron chi connectivity index (χ1n) is 18.9. The molecule has 1 heterocycles. The molecule has 0 N–H and O–H groups in total. The van der Waals surface area contributed by atoms with Gasteiger partial charge in [0.05, 0.1) is 6.04 Å². The van der Waals surface area contributed by atoms with Gasteiger partial charge in [-0.25, -0.2) is 0 Å². The van der Waals surface area contributed by atoms with Gasteiger partial charge in [-0.2, -0.15) is 0 Å². The fraction of sp³-hybridized carbons (Fsp3) is 0.391. The molecule has 0 saturated heterocycles. The molecule has 4 aromatic carbocycles. The molecule has 0 bridgehead atoms. The monoisotopic (exact) mass is 668 g/mol. The van der Waals surface area contributed by atoms with Crippen LogP contribution in [0, 0.1) is 0 Å². The quantitative estimate of drug-likeness (QED) is 0.116. The molecule has 1 atom stereocenters. The molecule has 1 aliphatic rings. The van der Waals surface area contributed by atoms with Crippen molar-refractivity contribution in [3.8, 4) is 0 Å². The van der Waals surface area contributed by atoms with Crippen LogP contribution in [0.25, 0.3) is 20.2 Å². The van der Waals surface area contributed by atoms with E-state index in [0.717, 1.165) is 32.1 Å². The van der Waals surface area contributed by atoms with E-state index in [1.54, 1.807) is 0 Å². The first-order valence-corrected chi connectivity index (χ1v) is 19.7. The lowest BCUT2D eigenvalue weighted by atomic mass is 9.78. The summed E-state index contributed by atoms with van der Waals surface area (Å²) in [6.45, 7) is 16.3. The van der Waals surface area contributed by atoms with Crippen LogP contribution in [0.2, 0.25) is 0 Å². The number of benzene rings is 4. The van der Waals surface area contributed by atoms with Gasteiger partial charge in [0.25, 0.3) is 0 Å². The molecular formula is C46H56N2S. The van der Waals surface area contributed by atoms with E-state index < -0.39 is 0 Å². The first kappa shape index (κ1) is 35.0. The van der Waals surface area contributed by atoms with Crippen LogP contribution in [0.4, 0.5) is 22.7 Å². The van der Waals surface area contributed by atoms with Crippen molar-refractivity contribution in [2.24, 2.45) is 0 Å². The predicted octanol–water partition coefficient (Wildman–Crippen LogP) is 14.4. The van der Waals surface area contributed by atoms with Gasteiger partial charge < -0.3 is 9.80 Å². The smallest absolute Gasteiger partial charge is 0.0560 e. The third-order valence-corrected chi connectivity index (χ3v) is 12.9. The van der Waals surface area contributed by atoms with Crippen molar-refractivity contribution in [2.45, 2.75) is 117 Å². The summed E-state index contributed by atoms with van der Waals surface area (Å²) < 4.78 is 2.75. The fourth-order valence-electron chi connectivity index (χ4n) is 7.57. The van der Waals surface area contributed by atoms with Gasteiger partial charge in [-0.3, -0.25) is 0 Å². The molecule has 0 fully saturated rings. The maximum atomic E-state index is 2.57. The third-order valence-electron chi connectivity index (χ3n) is 11.8. The molecule has 6 rings (SSSR count). The Balaban J connectivity index is 1.41. The number of allylic oxidation sites excluding steroid dienone is 2. The van der Waals surface area contributed by atoms with Crippen molar-refractivity contribution >= 4 is 54.3 Å². The number of para-hydroxylation sites is 1. The Kier molecular flexibility index (Phi) is 10.7. The summed E-state index contributed by atoms with van der Waals surface area (Å²) in [6, 6.07) is 34.9. The molecule has 0 spiro atoms. The van der Waals surface area contributed by atoms with E-state index in [2.05, 4.69) is 167 Å². The van der Waals surface area contributed by atoms with Crippen LogP contribution in [0.3, 0.4) is 0 Å². The number of rotatable bonds is 14. The van der Waals surface area contributed by atoms with Gasteiger partial charge in [-0.1, -0.05) is 108 Å². The molecule has 1 aliphatic carbocycles. The molecule has 0 amide bonds. The average Bonchev–Trinajstić information content (AvgIpc) is 3.52. The van der Waals surface area contributed by atoms with Crippen LogP contribution in [0.15, 0.2) is 115 Å². The lowest BCUT2D eigenvalue weighted by molar-refractivity contribution is 0.428. The first-order chi connectivity index (χ1) is 23.8. The highest BCUT2D eigenvalue weighted by molar-refractivity contribution is 7.25. The van der Waals surface area contributed by atoms with Gasteiger partial charge in [-0.15, -0.1) is 11.3 Å². The van der Waals surface area contributed by atoms with Crippen LogP contribution in [0.1, 0.15) is 105 Å². The van der Waals surface area contributed by atoms with Crippen LogP contribution < -0.4 is 9.80 Å². The summed E-state index contributed by atoms with van der Waals surface area (Å²) in [7, 11) is 0. The Hall–Kier alpha value is -3.82. The van der Waals surface area contributed by atoms with Crippen molar-refractivity contribution in [1.82, 2.24) is 0 Å². The second-order valence-electron chi connectivity index (χ2n) is 14.6. The summed E-state index contributed by atoms with van der Waals surface area (Å²) in [6.07, 6.45) is 16.4. The molecule has 5 aromatic rings. The zero-order chi connectivity index (χ0) is 34.6. The van der Waals surface area contributed by atoms with Gasteiger partial charge >= 0.3 is 0 Å². The normalized spacial score (nSPS) is 15.2. The van der Waals surface area contributed by atoms with Crippen LogP contribution in [-0.2, 0) is 5.41 Å². The summed E-state index contributed by atoms with van der Waals surface area (Å²) in [5.74, 6) is 0. The Bertz CT molecular complexity index is 1900. The van der Waals surface area contributed by atoms with E-state index in [4.69, 9.17) is 0 Å². The second-order valence-corrected chi connectivity index (χ2v) is 15.7. The van der Waals surface area contributed by atoms with E-state index in [1.165, 1.54) is 73.3 Å².